The van der Waals surface area contributed by atoms with Crippen LogP contribution in [0.15, 0.2) is 48.5 Å². The van der Waals surface area contributed by atoms with E-state index in [9.17, 15) is 9.59 Å². The van der Waals surface area contributed by atoms with Crippen molar-refractivity contribution in [1.29, 1.82) is 0 Å². The van der Waals surface area contributed by atoms with Crippen LogP contribution in [0.3, 0.4) is 0 Å². The number of likely N-dealkylation sites (tertiary alicyclic amines) is 1. The van der Waals surface area contributed by atoms with E-state index < -0.39 is 6.04 Å². The third kappa shape index (κ3) is 3.32. The molecule has 24 heavy (non-hydrogen) atoms. The Labute approximate surface area is 142 Å². The van der Waals surface area contributed by atoms with E-state index in [1.165, 1.54) is 5.56 Å². The normalized spacial score (nSPS) is 16.9. The van der Waals surface area contributed by atoms with Gasteiger partial charge in [0.1, 0.15) is 6.04 Å². The van der Waals surface area contributed by atoms with Crippen LogP contribution < -0.4 is 5.32 Å². The minimum Gasteiger partial charge on any atom is -0.327 e. The van der Waals surface area contributed by atoms with E-state index in [1.54, 1.807) is 17.0 Å². The second-order valence-corrected chi connectivity index (χ2v) is 6.31. The van der Waals surface area contributed by atoms with Crippen molar-refractivity contribution in [3.8, 4) is 0 Å². The molecule has 0 saturated carbocycles. The summed E-state index contributed by atoms with van der Waals surface area (Å²) in [7, 11) is 0. The van der Waals surface area contributed by atoms with Gasteiger partial charge in [-0.1, -0.05) is 24.3 Å². The molecular formula is C20H22N2O2. The Morgan fingerprint density at radius 2 is 1.79 bits per heavy atom. The molecule has 4 nitrogen and oxygen atoms in total. The number of nitrogens with one attached hydrogen (secondary N) is 1. The lowest BCUT2D eigenvalue weighted by Gasteiger charge is -2.24. The predicted molar refractivity (Wildman–Crippen MR) is 95.0 cm³/mol. The maximum absolute atomic E-state index is 12.7. The van der Waals surface area contributed by atoms with Crippen LogP contribution in [0, 0.1) is 13.8 Å². The summed E-state index contributed by atoms with van der Waals surface area (Å²) in [5.74, 6) is -0.187. The summed E-state index contributed by atoms with van der Waals surface area (Å²) in [5, 5.41) is 2.96. The number of aryl methyl sites for hydroxylation is 2. The number of carbonyl (C=O) groups excluding carboxylic acids is 2. The Morgan fingerprint density at radius 1 is 1.04 bits per heavy atom. The molecule has 0 radical (unpaired) electrons. The summed E-state index contributed by atoms with van der Waals surface area (Å²) in [6, 6.07) is 14.6. The van der Waals surface area contributed by atoms with Gasteiger partial charge in [0.2, 0.25) is 5.91 Å². The first-order valence-electron chi connectivity index (χ1n) is 8.30. The van der Waals surface area contributed by atoms with Crippen molar-refractivity contribution in [3.05, 3.63) is 65.2 Å². The van der Waals surface area contributed by atoms with Crippen LogP contribution in [0.1, 0.15) is 34.3 Å². The van der Waals surface area contributed by atoms with Crippen molar-refractivity contribution in [1.82, 2.24) is 4.90 Å². The second kappa shape index (κ2) is 6.87. The van der Waals surface area contributed by atoms with Crippen molar-refractivity contribution in [2.75, 3.05) is 11.9 Å². The Hall–Kier alpha value is -2.62. The molecule has 1 aliphatic heterocycles. The van der Waals surface area contributed by atoms with Gasteiger partial charge in [-0.25, -0.2) is 0 Å². The van der Waals surface area contributed by atoms with Crippen LogP contribution in [0.25, 0.3) is 0 Å². The van der Waals surface area contributed by atoms with E-state index >= 15 is 0 Å². The molecule has 0 bridgehead atoms. The summed E-state index contributed by atoms with van der Waals surface area (Å²) in [6.07, 6.45) is 1.55. The lowest BCUT2D eigenvalue weighted by atomic mass is 10.1. The summed E-state index contributed by atoms with van der Waals surface area (Å²) in [6.45, 7) is 4.68. The van der Waals surface area contributed by atoms with Crippen LogP contribution in [-0.2, 0) is 4.79 Å². The molecule has 2 aromatic carbocycles. The maximum Gasteiger partial charge on any atom is 0.254 e. The highest BCUT2D eigenvalue weighted by atomic mass is 16.2. The van der Waals surface area contributed by atoms with Crippen molar-refractivity contribution < 1.29 is 9.59 Å². The summed E-state index contributed by atoms with van der Waals surface area (Å²) < 4.78 is 0. The molecule has 0 spiro atoms. The fourth-order valence-corrected chi connectivity index (χ4v) is 3.07. The molecule has 0 aromatic heterocycles. The van der Waals surface area contributed by atoms with Crippen molar-refractivity contribution in [2.24, 2.45) is 0 Å². The topological polar surface area (TPSA) is 49.4 Å². The predicted octanol–water partition coefficient (Wildman–Crippen LogP) is 3.55. The van der Waals surface area contributed by atoms with Gasteiger partial charge in [0.15, 0.2) is 0 Å². The molecule has 1 fully saturated rings. The van der Waals surface area contributed by atoms with E-state index in [0.29, 0.717) is 18.5 Å². The van der Waals surface area contributed by atoms with E-state index in [-0.39, 0.29) is 11.8 Å². The van der Waals surface area contributed by atoms with Gasteiger partial charge in [-0.15, -0.1) is 0 Å². The van der Waals surface area contributed by atoms with Crippen molar-refractivity contribution in [2.45, 2.75) is 32.7 Å². The number of rotatable bonds is 3. The van der Waals surface area contributed by atoms with Gasteiger partial charge in [0, 0.05) is 17.8 Å². The molecule has 0 aliphatic carbocycles. The van der Waals surface area contributed by atoms with Gasteiger partial charge in [-0.05, 0) is 62.1 Å². The molecular weight excluding hydrogens is 300 g/mol. The highest BCUT2D eigenvalue weighted by Crippen LogP contribution is 2.22. The molecule has 1 aliphatic rings. The zero-order chi connectivity index (χ0) is 17.1. The average molecular weight is 322 g/mol. The molecule has 1 heterocycles. The maximum atomic E-state index is 12.7. The van der Waals surface area contributed by atoms with Crippen LogP contribution in [0.5, 0.6) is 0 Å². The van der Waals surface area contributed by atoms with E-state index in [4.69, 9.17) is 0 Å². The fourth-order valence-electron chi connectivity index (χ4n) is 3.07. The number of anilines is 1. The Balaban J connectivity index is 1.74. The molecule has 1 N–H and O–H groups in total. The molecule has 2 amide bonds. The first kappa shape index (κ1) is 16.2. The van der Waals surface area contributed by atoms with Gasteiger partial charge >= 0.3 is 0 Å². The van der Waals surface area contributed by atoms with Crippen LogP contribution in [0.4, 0.5) is 5.69 Å². The van der Waals surface area contributed by atoms with Crippen LogP contribution in [-0.4, -0.2) is 29.3 Å². The van der Waals surface area contributed by atoms with E-state index in [1.807, 2.05) is 50.2 Å². The highest BCUT2D eigenvalue weighted by molar-refractivity contribution is 6.01. The summed E-state index contributed by atoms with van der Waals surface area (Å²) in [5.41, 5.74) is 3.73. The Bertz CT molecular complexity index is 755. The first-order chi connectivity index (χ1) is 11.6. The molecule has 124 valence electrons. The fraction of sp³-hybridized carbons (Fsp3) is 0.300. The van der Waals surface area contributed by atoms with Crippen molar-refractivity contribution >= 4 is 17.5 Å². The number of amides is 2. The zero-order valence-corrected chi connectivity index (χ0v) is 14.1. The molecule has 3 rings (SSSR count). The minimum absolute atomic E-state index is 0.0756. The monoisotopic (exact) mass is 322 g/mol. The minimum atomic E-state index is -0.403. The molecule has 1 saturated heterocycles. The molecule has 2 aromatic rings. The SMILES string of the molecule is Cc1ccc(NC(=O)C2CCCN2C(=O)c2ccccc2)cc1C. The lowest BCUT2D eigenvalue weighted by molar-refractivity contribution is -0.119. The first-order valence-corrected chi connectivity index (χ1v) is 8.30. The van der Waals surface area contributed by atoms with E-state index in [2.05, 4.69) is 5.32 Å². The number of hydrogen-bond acceptors (Lipinski definition) is 2. The van der Waals surface area contributed by atoms with Gasteiger partial charge in [-0.2, -0.15) is 0 Å². The van der Waals surface area contributed by atoms with Crippen LogP contribution >= 0.6 is 0 Å². The largest absolute Gasteiger partial charge is 0.327 e. The lowest BCUT2D eigenvalue weighted by Crippen LogP contribution is -2.43. The third-order valence-electron chi connectivity index (χ3n) is 4.61. The van der Waals surface area contributed by atoms with Gasteiger partial charge in [0.25, 0.3) is 5.91 Å². The summed E-state index contributed by atoms with van der Waals surface area (Å²) in [4.78, 5) is 27.0. The highest BCUT2D eigenvalue weighted by Gasteiger charge is 2.34. The number of nitrogens with zero attached hydrogens (tertiary/aromatic N) is 1. The quantitative estimate of drug-likeness (QED) is 0.939. The van der Waals surface area contributed by atoms with Crippen molar-refractivity contribution in [3.63, 3.8) is 0 Å². The number of hydrogen-bond donors (Lipinski definition) is 1. The smallest absolute Gasteiger partial charge is 0.254 e. The standard InChI is InChI=1S/C20H22N2O2/c1-14-10-11-17(13-15(14)2)21-19(23)18-9-6-12-22(18)20(24)16-7-4-3-5-8-16/h3-5,7-8,10-11,13,18H,6,9,12H2,1-2H3,(H,21,23). The van der Waals surface area contributed by atoms with Gasteiger partial charge in [0.05, 0.1) is 0 Å². The van der Waals surface area contributed by atoms with Gasteiger partial charge in [-0.3, -0.25) is 9.59 Å². The Kier molecular flexibility index (Phi) is 4.65. The second-order valence-electron chi connectivity index (χ2n) is 6.31. The Morgan fingerprint density at radius 3 is 2.50 bits per heavy atom. The van der Waals surface area contributed by atoms with Crippen LogP contribution in [0.2, 0.25) is 0 Å². The average Bonchev–Trinajstić information content (AvgIpc) is 3.08. The zero-order valence-electron chi connectivity index (χ0n) is 14.1. The van der Waals surface area contributed by atoms with Gasteiger partial charge < -0.3 is 10.2 Å². The molecule has 1 atom stereocenters. The summed E-state index contributed by atoms with van der Waals surface area (Å²) >= 11 is 0. The third-order valence-corrected chi connectivity index (χ3v) is 4.61. The van der Waals surface area contributed by atoms with E-state index in [0.717, 1.165) is 17.7 Å². The number of carbonyl (C=O) groups is 2. The molecule has 1 unspecified atom stereocenters. The number of benzene rings is 2. The molecule has 4 heteroatoms.